The predicted molar refractivity (Wildman–Crippen MR) is 160 cm³/mol. The SMILES string of the molecule is CC[C@@H]1CN(Cc2cc([C@H](CC)c3cc(OC(F)F)c4c(nnn4C)c3C)cc3ccsc23)Cc2[nH]c(=O)ccc2O1. The summed E-state index contributed by atoms with van der Waals surface area (Å²) in [5.41, 5.74) is 5.71. The molecule has 0 saturated carbocycles. The number of aromatic amines is 1. The average Bonchev–Trinajstić information content (AvgIpc) is 3.55. The summed E-state index contributed by atoms with van der Waals surface area (Å²) < 4.78 is 40.7. The molecule has 11 heteroatoms. The van der Waals surface area contributed by atoms with Crippen LogP contribution in [0.25, 0.3) is 21.1 Å². The van der Waals surface area contributed by atoms with Gasteiger partial charge in [-0.1, -0.05) is 25.1 Å². The normalized spacial score (nSPS) is 16.5. The van der Waals surface area contributed by atoms with Crippen LogP contribution in [0.3, 0.4) is 0 Å². The minimum atomic E-state index is -2.96. The molecule has 3 aromatic heterocycles. The van der Waals surface area contributed by atoms with Crippen LogP contribution in [0.15, 0.2) is 46.6 Å². The number of H-pyrrole nitrogens is 1. The second-order valence-electron chi connectivity index (χ2n) is 10.8. The van der Waals surface area contributed by atoms with Crippen molar-refractivity contribution in [3.05, 3.63) is 80.1 Å². The summed E-state index contributed by atoms with van der Waals surface area (Å²) >= 11 is 1.70. The average molecular weight is 594 g/mol. The van der Waals surface area contributed by atoms with Crippen LogP contribution in [-0.4, -0.2) is 44.1 Å². The van der Waals surface area contributed by atoms with Gasteiger partial charge in [-0.05, 0) is 77.1 Å². The van der Waals surface area contributed by atoms with Gasteiger partial charge in [-0.15, -0.1) is 16.4 Å². The highest BCUT2D eigenvalue weighted by Crippen LogP contribution is 2.40. The zero-order chi connectivity index (χ0) is 29.5. The lowest BCUT2D eigenvalue weighted by Crippen LogP contribution is -2.32. The molecule has 0 radical (unpaired) electrons. The first-order valence-electron chi connectivity index (χ1n) is 14.1. The van der Waals surface area contributed by atoms with E-state index in [1.165, 1.54) is 21.0 Å². The van der Waals surface area contributed by atoms with Crippen molar-refractivity contribution in [3.63, 3.8) is 0 Å². The molecule has 42 heavy (non-hydrogen) atoms. The summed E-state index contributed by atoms with van der Waals surface area (Å²) in [6, 6.07) is 11.5. The van der Waals surface area contributed by atoms with Crippen molar-refractivity contribution in [1.82, 2.24) is 24.9 Å². The fraction of sp³-hybridized carbons (Fsp3) is 0.387. The van der Waals surface area contributed by atoms with Gasteiger partial charge in [0.05, 0.1) is 5.69 Å². The van der Waals surface area contributed by atoms with E-state index in [1.54, 1.807) is 30.5 Å². The van der Waals surface area contributed by atoms with Crippen molar-refractivity contribution in [2.24, 2.45) is 7.05 Å². The Kier molecular flexibility index (Phi) is 7.71. The molecule has 0 spiro atoms. The van der Waals surface area contributed by atoms with Gasteiger partial charge in [0.2, 0.25) is 5.56 Å². The van der Waals surface area contributed by atoms with Crippen LogP contribution in [0, 0.1) is 6.92 Å². The van der Waals surface area contributed by atoms with Gasteiger partial charge in [0.1, 0.15) is 22.9 Å². The molecule has 2 aromatic carbocycles. The zero-order valence-electron chi connectivity index (χ0n) is 24.0. The molecule has 1 N–H and O–H groups in total. The van der Waals surface area contributed by atoms with Crippen molar-refractivity contribution in [2.45, 2.75) is 65.3 Å². The molecule has 1 aliphatic rings. The highest BCUT2D eigenvalue weighted by atomic mass is 32.1. The van der Waals surface area contributed by atoms with E-state index in [2.05, 4.69) is 57.6 Å². The van der Waals surface area contributed by atoms with Crippen LogP contribution in [0.5, 0.6) is 11.5 Å². The van der Waals surface area contributed by atoms with E-state index in [0.29, 0.717) is 24.1 Å². The van der Waals surface area contributed by atoms with Crippen LogP contribution in [0.4, 0.5) is 8.78 Å². The molecule has 6 rings (SSSR count). The molecule has 0 fully saturated rings. The summed E-state index contributed by atoms with van der Waals surface area (Å²) in [7, 11) is 1.67. The molecule has 220 valence electrons. The van der Waals surface area contributed by atoms with E-state index >= 15 is 0 Å². The fourth-order valence-electron chi connectivity index (χ4n) is 6.12. The van der Waals surface area contributed by atoms with Crippen molar-refractivity contribution >= 4 is 32.5 Å². The highest BCUT2D eigenvalue weighted by Gasteiger charge is 2.26. The van der Waals surface area contributed by atoms with Gasteiger partial charge in [0, 0.05) is 43.4 Å². The van der Waals surface area contributed by atoms with Gasteiger partial charge >= 0.3 is 6.61 Å². The number of ether oxygens (including phenoxy) is 2. The molecule has 8 nitrogen and oxygen atoms in total. The molecule has 0 saturated heterocycles. The number of pyridine rings is 1. The number of hydrogen-bond acceptors (Lipinski definition) is 7. The van der Waals surface area contributed by atoms with E-state index in [0.717, 1.165) is 52.9 Å². The van der Waals surface area contributed by atoms with Gasteiger partial charge in [-0.25, -0.2) is 4.68 Å². The Labute approximate surface area is 245 Å². The van der Waals surface area contributed by atoms with Gasteiger partial charge < -0.3 is 14.5 Å². The number of benzene rings is 2. The number of nitrogens with one attached hydrogen (secondary N) is 1. The van der Waals surface area contributed by atoms with Gasteiger partial charge in [0.15, 0.2) is 5.75 Å². The van der Waals surface area contributed by atoms with Crippen LogP contribution >= 0.6 is 11.3 Å². The Morgan fingerprint density at radius 1 is 1.21 bits per heavy atom. The number of rotatable bonds is 8. The van der Waals surface area contributed by atoms with E-state index in [9.17, 15) is 13.6 Å². The second-order valence-corrected chi connectivity index (χ2v) is 11.8. The third-order valence-electron chi connectivity index (χ3n) is 8.13. The number of nitrogens with zero attached hydrogens (tertiary/aromatic N) is 4. The molecular weight excluding hydrogens is 560 g/mol. The smallest absolute Gasteiger partial charge is 0.387 e. The number of alkyl halides is 2. The maximum atomic E-state index is 13.4. The maximum absolute atomic E-state index is 13.4. The quantitative estimate of drug-likeness (QED) is 0.221. The number of fused-ring (bicyclic) bond motifs is 3. The van der Waals surface area contributed by atoms with E-state index < -0.39 is 6.61 Å². The summed E-state index contributed by atoms with van der Waals surface area (Å²) in [5, 5.41) is 11.6. The van der Waals surface area contributed by atoms with Crippen LogP contribution in [0.2, 0.25) is 0 Å². The molecule has 4 heterocycles. The number of aryl methyl sites for hydroxylation is 2. The Balaban J connectivity index is 1.42. The van der Waals surface area contributed by atoms with Crippen molar-refractivity contribution in [3.8, 4) is 11.5 Å². The highest BCUT2D eigenvalue weighted by molar-refractivity contribution is 7.17. The minimum Gasteiger partial charge on any atom is -0.487 e. The van der Waals surface area contributed by atoms with Gasteiger partial charge in [0.25, 0.3) is 0 Å². The largest absolute Gasteiger partial charge is 0.487 e. The number of halogens is 2. The molecule has 1 aliphatic heterocycles. The minimum absolute atomic E-state index is 0.00262. The Morgan fingerprint density at radius 3 is 2.81 bits per heavy atom. The standard InChI is InChI=1S/C31H33F2N5O3S/c1-5-21-15-38(16-24-25(40-21)7-8-27(39)34-24)14-20-12-19(11-18-9-10-42-30(18)20)22(6-2)23-13-26(41-31(32)33)29-28(17(23)3)35-36-37(29)4/h7-13,21-22,31H,5-6,14-16H2,1-4H3,(H,34,39)/t21-,22+/m1/s1. The zero-order valence-corrected chi connectivity index (χ0v) is 24.8. The Morgan fingerprint density at radius 2 is 2.05 bits per heavy atom. The molecule has 0 aliphatic carbocycles. The van der Waals surface area contributed by atoms with Crippen molar-refractivity contribution < 1.29 is 18.3 Å². The monoisotopic (exact) mass is 593 g/mol. The molecule has 0 amide bonds. The van der Waals surface area contributed by atoms with Crippen LogP contribution in [-0.2, 0) is 20.1 Å². The maximum Gasteiger partial charge on any atom is 0.387 e. The molecule has 2 atom stereocenters. The molecular formula is C31H33F2N5O3S. The third-order valence-corrected chi connectivity index (χ3v) is 9.14. The topological polar surface area (TPSA) is 85.3 Å². The van der Waals surface area contributed by atoms with Crippen LogP contribution in [0.1, 0.15) is 60.6 Å². The first-order chi connectivity index (χ1) is 20.2. The predicted octanol–water partition coefficient (Wildman–Crippen LogP) is 6.50. The number of hydrogen-bond donors (Lipinski definition) is 1. The van der Waals surface area contributed by atoms with E-state index in [4.69, 9.17) is 9.47 Å². The first-order valence-corrected chi connectivity index (χ1v) is 15.0. The number of aromatic nitrogens is 4. The third kappa shape index (κ3) is 5.27. The lowest BCUT2D eigenvalue weighted by atomic mass is 9.84. The Bertz CT molecular complexity index is 1810. The fourth-order valence-corrected chi connectivity index (χ4v) is 7.01. The Hall–Kier alpha value is -3.83. The van der Waals surface area contributed by atoms with Crippen molar-refractivity contribution in [1.29, 1.82) is 0 Å². The summed E-state index contributed by atoms with van der Waals surface area (Å²) in [5.74, 6) is 0.723. The second kappa shape index (κ2) is 11.4. The van der Waals surface area contributed by atoms with Crippen molar-refractivity contribution in [2.75, 3.05) is 6.54 Å². The first kappa shape index (κ1) is 28.3. The van der Waals surface area contributed by atoms with E-state index in [1.807, 2.05) is 6.92 Å². The molecule has 0 bridgehead atoms. The van der Waals surface area contributed by atoms with Gasteiger partial charge in [-0.2, -0.15) is 8.78 Å². The van der Waals surface area contributed by atoms with Crippen LogP contribution < -0.4 is 15.0 Å². The van der Waals surface area contributed by atoms with Gasteiger partial charge in [-0.3, -0.25) is 9.69 Å². The van der Waals surface area contributed by atoms with E-state index in [-0.39, 0.29) is 23.3 Å². The summed E-state index contributed by atoms with van der Waals surface area (Å²) in [6.07, 6.45) is 1.59. The summed E-state index contributed by atoms with van der Waals surface area (Å²) in [4.78, 5) is 17.4. The lowest BCUT2D eigenvalue weighted by molar-refractivity contribution is -0.0490. The molecule has 0 unspecified atom stereocenters. The molecule has 5 aromatic rings. The summed E-state index contributed by atoms with van der Waals surface area (Å²) in [6.45, 7) is 5.15. The number of thiophene rings is 1. The lowest BCUT2D eigenvalue weighted by Gasteiger charge is -2.25.